The number of hydrogen-bond acceptors (Lipinski definition) is 7. The third-order valence-corrected chi connectivity index (χ3v) is 5.49. The number of nitrogens with zero attached hydrogens (tertiary/aromatic N) is 1. The summed E-state index contributed by atoms with van der Waals surface area (Å²) in [5.74, 6) is 1.91. The summed E-state index contributed by atoms with van der Waals surface area (Å²) >= 11 is 6.71. The number of benzene rings is 2. The minimum absolute atomic E-state index is 0.207. The molecule has 0 aliphatic carbocycles. The lowest BCUT2D eigenvalue weighted by Gasteiger charge is -2.18. The number of carbonyl (C=O) groups is 1. The van der Waals surface area contributed by atoms with Gasteiger partial charge in [-0.05, 0) is 42.8 Å². The maximum absolute atomic E-state index is 13.1. The van der Waals surface area contributed by atoms with Gasteiger partial charge in [-0.25, -0.2) is 0 Å². The molecule has 1 saturated heterocycles. The van der Waals surface area contributed by atoms with Crippen molar-refractivity contribution in [2.75, 3.05) is 32.8 Å². The van der Waals surface area contributed by atoms with Crippen molar-refractivity contribution in [2.24, 2.45) is 0 Å². The molecular formula is C21H21NO5S2. The van der Waals surface area contributed by atoms with Crippen LogP contribution in [0.5, 0.6) is 23.0 Å². The Labute approximate surface area is 179 Å². The molecule has 1 amide bonds. The van der Waals surface area contributed by atoms with E-state index in [0.717, 1.165) is 5.56 Å². The smallest absolute Gasteiger partial charge is 0.270 e. The van der Waals surface area contributed by atoms with Crippen LogP contribution in [-0.2, 0) is 4.79 Å². The van der Waals surface area contributed by atoms with Gasteiger partial charge in [0.25, 0.3) is 5.91 Å². The van der Waals surface area contributed by atoms with E-state index in [-0.39, 0.29) is 5.91 Å². The number of anilines is 1. The summed E-state index contributed by atoms with van der Waals surface area (Å²) in [5, 5.41) is 0. The lowest BCUT2D eigenvalue weighted by Crippen LogP contribution is -2.28. The average Bonchev–Trinajstić information content (AvgIpc) is 3.00. The third kappa shape index (κ3) is 4.18. The fraction of sp³-hybridized carbons (Fsp3) is 0.238. The van der Waals surface area contributed by atoms with Crippen molar-refractivity contribution in [1.29, 1.82) is 0 Å². The zero-order chi connectivity index (χ0) is 21.0. The number of thiocarbonyl (C=S) groups is 1. The molecule has 29 heavy (non-hydrogen) atoms. The Morgan fingerprint density at radius 3 is 2.28 bits per heavy atom. The summed E-state index contributed by atoms with van der Waals surface area (Å²) < 4.78 is 22.2. The van der Waals surface area contributed by atoms with Crippen LogP contribution in [0.2, 0.25) is 0 Å². The molecule has 2 aromatic carbocycles. The minimum atomic E-state index is -0.207. The zero-order valence-corrected chi connectivity index (χ0v) is 18.2. The van der Waals surface area contributed by atoms with Crippen molar-refractivity contribution in [3.05, 3.63) is 46.9 Å². The van der Waals surface area contributed by atoms with Gasteiger partial charge in [0.15, 0.2) is 15.8 Å². The van der Waals surface area contributed by atoms with Crippen molar-refractivity contribution >= 4 is 46.0 Å². The fourth-order valence-electron chi connectivity index (χ4n) is 2.93. The fourth-order valence-corrected chi connectivity index (χ4v) is 4.22. The second kappa shape index (κ2) is 9.19. The number of amides is 1. The van der Waals surface area contributed by atoms with E-state index in [1.807, 2.05) is 31.2 Å². The largest absolute Gasteiger partial charge is 0.493 e. The van der Waals surface area contributed by atoms with Gasteiger partial charge in [-0.15, -0.1) is 0 Å². The topological polar surface area (TPSA) is 57.2 Å². The first kappa shape index (κ1) is 21.0. The van der Waals surface area contributed by atoms with E-state index in [0.29, 0.717) is 44.5 Å². The molecule has 1 fully saturated rings. The second-order valence-corrected chi connectivity index (χ2v) is 7.55. The standard InChI is InChI=1S/C21H21NO5S2/c1-5-27-15-9-7-6-8-14(15)22-20(23)18(29-21(22)28)12-13-10-16(24-2)19(26-4)17(11-13)25-3/h6-12H,5H2,1-4H3/b18-12+. The molecule has 0 N–H and O–H groups in total. The summed E-state index contributed by atoms with van der Waals surface area (Å²) in [6.45, 7) is 2.39. The maximum Gasteiger partial charge on any atom is 0.270 e. The number of thioether (sulfide) groups is 1. The molecular weight excluding hydrogens is 410 g/mol. The highest BCUT2D eigenvalue weighted by atomic mass is 32.2. The van der Waals surface area contributed by atoms with Gasteiger partial charge in [-0.2, -0.15) is 0 Å². The van der Waals surface area contributed by atoms with Gasteiger partial charge in [-0.3, -0.25) is 9.69 Å². The molecule has 1 aliphatic rings. The number of ether oxygens (including phenoxy) is 4. The second-order valence-electron chi connectivity index (χ2n) is 5.88. The molecule has 152 valence electrons. The summed E-state index contributed by atoms with van der Waals surface area (Å²) in [5.41, 5.74) is 1.36. The molecule has 6 nitrogen and oxygen atoms in total. The van der Waals surface area contributed by atoms with Gasteiger partial charge in [0.05, 0.1) is 38.5 Å². The molecule has 0 radical (unpaired) electrons. The van der Waals surface area contributed by atoms with E-state index in [1.54, 1.807) is 39.5 Å². The highest BCUT2D eigenvalue weighted by Gasteiger charge is 2.35. The van der Waals surface area contributed by atoms with Crippen molar-refractivity contribution < 1.29 is 23.7 Å². The number of methoxy groups -OCH3 is 3. The molecule has 3 rings (SSSR count). The molecule has 1 aliphatic heterocycles. The van der Waals surface area contributed by atoms with Crippen LogP contribution < -0.4 is 23.8 Å². The van der Waals surface area contributed by atoms with Gasteiger partial charge < -0.3 is 18.9 Å². The van der Waals surface area contributed by atoms with E-state index in [9.17, 15) is 4.79 Å². The predicted octanol–water partition coefficient (Wildman–Crippen LogP) is 4.52. The lowest BCUT2D eigenvalue weighted by atomic mass is 10.1. The van der Waals surface area contributed by atoms with Crippen molar-refractivity contribution in [1.82, 2.24) is 0 Å². The summed E-state index contributed by atoms with van der Waals surface area (Å²) in [6, 6.07) is 10.9. The lowest BCUT2D eigenvalue weighted by molar-refractivity contribution is -0.113. The summed E-state index contributed by atoms with van der Waals surface area (Å²) in [6.07, 6.45) is 1.76. The SMILES string of the molecule is CCOc1ccccc1N1C(=O)/C(=C\c2cc(OC)c(OC)c(OC)c2)SC1=S. The molecule has 0 atom stereocenters. The third-order valence-electron chi connectivity index (χ3n) is 4.18. The first-order valence-electron chi connectivity index (χ1n) is 8.83. The molecule has 0 unspecified atom stereocenters. The van der Waals surface area contributed by atoms with E-state index in [2.05, 4.69) is 0 Å². The highest BCUT2D eigenvalue weighted by molar-refractivity contribution is 8.27. The molecule has 1 heterocycles. The highest BCUT2D eigenvalue weighted by Crippen LogP contribution is 2.42. The minimum Gasteiger partial charge on any atom is -0.493 e. The molecule has 0 spiro atoms. The van der Waals surface area contributed by atoms with Crippen LogP contribution in [-0.4, -0.2) is 38.2 Å². The molecule has 0 aromatic heterocycles. The number of para-hydroxylation sites is 2. The van der Waals surface area contributed by atoms with Crippen LogP contribution in [0, 0.1) is 0 Å². The van der Waals surface area contributed by atoms with Gasteiger partial charge in [0.1, 0.15) is 5.75 Å². The number of carbonyl (C=O) groups excluding carboxylic acids is 1. The Morgan fingerprint density at radius 1 is 1.03 bits per heavy atom. The van der Waals surface area contributed by atoms with Crippen molar-refractivity contribution in [3.8, 4) is 23.0 Å². The molecule has 8 heteroatoms. The quantitative estimate of drug-likeness (QED) is 0.472. The molecule has 0 bridgehead atoms. The van der Waals surface area contributed by atoms with Gasteiger partial charge >= 0.3 is 0 Å². The summed E-state index contributed by atoms with van der Waals surface area (Å²) in [4.78, 5) is 15.1. The van der Waals surface area contributed by atoms with Crippen LogP contribution in [0.4, 0.5) is 5.69 Å². The van der Waals surface area contributed by atoms with Crippen molar-refractivity contribution in [3.63, 3.8) is 0 Å². The number of rotatable bonds is 7. The summed E-state index contributed by atoms with van der Waals surface area (Å²) in [7, 11) is 4.64. The van der Waals surface area contributed by atoms with E-state index >= 15 is 0 Å². The molecule has 0 saturated carbocycles. The average molecular weight is 432 g/mol. The van der Waals surface area contributed by atoms with E-state index in [1.165, 1.54) is 16.7 Å². The van der Waals surface area contributed by atoms with Crippen LogP contribution in [0.1, 0.15) is 12.5 Å². The normalized spacial score (nSPS) is 15.0. The van der Waals surface area contributed by atoms with E-state index < -0.39 is 0 Å². The first-order chi connectivity index (χ1) is 14.0. The van der Waals surface area contributed by atoms with Gasteiger partial charge in [0, 0.05) is 0 Å². The maximum atomic E-state index is 13.1. The predicted molar refractivity (Wildman–Crippen MR) is 119 cm³/mol. The van der Waals surface area contributed by atoms with Crippen LogP contribution >= 0.6 is 24.0 Å². The Kier molecular flexibility index (Phi) is 6.66. The Balaban J connectivity index is 1.99. The zero-order valence-electron chi connectivity index (χ0n) is 16.6. The van der Waals surface area contributed by atoms with E-state index in [4.69, 9.17) is 31.2 Å². The Morgan fingerprint density at radius 2 is 1.69 bits per heavy atom. The first-order valence-corrected chi connectivity index (χ1v) is 10.1. The van der Waals surface area contributed by atoms with Gasteiger partial charge in [0.2, 0.25) is 5.75 Å². The Hall–Kier alpha value is -2.71. The van der Waals surface area contributed by atoms with Crippen LogP contribution in [0.15, 0.2) is 41.3 Å². The number of hydrogen-bond donors (Lipinski definition) is 0. The van der Waals surface area contributed by atoms with Crippen LogP contribution in [0.3, 0.4) is 0 Å². The van der Waals surface area contributed by atoms with Gasteiger partial charge in [-0.1, -0.05) is 36.1 Å². The monoisotopic (exact) mass is 431 g/mol. The van der Waals surface area contributed by atoms with Crippen molar-refractivity contribution in [2.45, 2.75) is 6.92 Å². The Bertz CT molecular complexity index is 948. The van der Waals surface area contributed by atoms with Crippen LogP contribution in [0.25, 0.3) is 6.08 Å². The molecule has 2 aromatic rings.